The topological polar surface area (TPSA) is 29.3 Å². The molecule has 1 aliphatic heterocycles. The van der Waals surface area contributed by atoms with Gasteiger partial charge in [-0.3, -0.25) is 4.90 Å². The summed E-state index contributed by atoms with van der Waals surface area (Å²) in [5.41, 5.74) is 6.19. The SMILES string of the molecule is CCC1CCCN(C2CCCC2N)CC1. The highest BCUT2D eigenvalue weighted by Gasteiger charge is 2.30. The Morgan fingerprint density at radius 1 is 1.07 bits per heavy atom. The number of nitrogens with two attached hydrogens (primary N) is 1. The van der Waals surface area contributed by atoms with Crippen molar-refractivity contribution in [3.8, 4) is 0 Å². The van der Waals surface area contributed by atoms with Gasteiger partial charge in [0.25, 0.3) is 0 Å². The Morgan fingerprint density at radius 3 is 2.60 bits per heavy atom. The Balaban J connectivity index is 1.87. The van der Waals surface area contributed by atoms with Crippen molar-refractivity contribution in [1.82, 2.24) is 4.90 Å². The van der Waals surface area contributed by atoms with Gasteiger partial charge in [-0.25, -0.2) is 0 Å². The van der Waals surface area contributed by atoms with E-state index in [-0.39, 0.29) is 0 Å². The van der Waals surface area contributed by atoms with Crippen molar-refractivity contribution in [2.45, 2.75) is 64.0 Å². The smallest absolute Gasteiger partial charge is 0.0247 e. The molecule has 0 radical (unpaired) electrons. The lowest BCUT2D eigenvalue weighted by molar-refractivity contribution is 0.189. The average molecular weight is 210 g/mol. The van der Waals surface area contributed by atoms with E-state index in [0.29, 0.717) is 12.1 Å². The molecule has 0 spiro atoms. The van der Waals surface area contributed by atoms with Crippen molar-refractivity contribution < 1.29 is 0 Å². The summed E-state index contributed by atoms with van der Waals surface area (Å²) in [7, 11) is 0. The monoisotopic (exact) mass is 210 g/mol. The van der Waals surface area contributed by atoms with Crippen molar-refractivity contribution in [3.63, 3.8) is 0 Å². The molecule has 2 aliphatic rings. The number of hydrogen-bond donors (Lipinski definition) is 1. The van der Waals surface area contributed by atoms with Gasteiger partial charge in [0.2, 0.25) is 0 Å². The summed E-state index contributed by atoms with van der Waals surface area (Å²) in [6, 6.07) is 1.17. The largest absolute Gasteiger partial charge is 0.326 e. The fourth-order valence-electron chi connectivity index (χ4n) is 3.35. The molecule has 1 saturated carbocycles. The molecule has 0 aromatic carbocycles. The molecule has 1 heterocycles. The van der Waals surface area contributed by atoms with E-state index in [1.165, 1.54) is 58.0 Å². The second-order valence-corrected chi connectivity index (χ2v) is 5.40. The third-order valence-corrected chi connectivity index (χ3v) is 4.46. The predicted molar refractivity (Wildman–Crippen MR) is 64.8 cm³/mol. The lowest BCUT2D eigenvalue weighted by Crippen LogP contribution is -2.44. The Kier molecular flexibility index (Phi) is 4.04. The van der Waals surface area contributed by atoms with Crippen LogP contribution in [0.3, 0.4) is 0 Å². The molecule has 0 amide bonds. The second kappa shape index (κ2) is 5.31. The maximum absolute atomic E-state index is 6.19. The molecule has 15 heavy (non-hydrogen) atoms. The number of likely N-dealkylation sites (tertiary alicyclic amines) is 1. The van der Waals surface area contributed by atoms with Crippen molar-refractivity contribution in [3.05, 3.63) is 0 Å². The van der Waals surface area contributed by atoms with Crippen molar-refractivity contribution in [1.29, 1.82) is 0 Å². The van der Waals surface area contributed by atoms with Gasteiger partial charge >= 0.3 is 0 Å². The van der Waals surface area contributed by atoms with Crippen molar-refractivity contribution in [2.24, 2.45) is 11.7 Å². The summed E-state index contributed by atoms with van der Waals surface area (Å²) in [4.78, 5) is 2.69. The Hall–Kier alpha value is -0.0800. The van der Waals surface area contributed by atoms with Gasteiger partial charge in [0, 0.05) is 12.1 Å². The molecule has 0 aromatic rings. The summed E-state index contributed by atoms with van der Waals surface area (Å²) in [5.74, 6) is 0.979. The number of rotatable bonds is 2. The number of nitrogens with zero attached hydrogens (tertiary/aromatic N) is 1. The molecule has 2 rings (SSSR count). The van der Waals surface area contributed by atoms with Crippen molar-refractivity contribution in [2.75, 3.05) is 13.1 Å². The van der Waals surface area contributed by atoms with Gasteiger partial charge in [-0.05, 0) is 51.1 Å². The highest BCUT2D eigenvalue weighted by molar-refractivity contribution is 4.89. The summed E-state index contributed by atoms with van der Waals surface area (Å²) in [6.07, 6.45) is 9.54. The van der Waals surface area contributed by atoms with Crippen LogP contribution in [0, 0.1) is 5.92 Å². The minimum absolute atomic E-state index is 0.461. The van der Waals surface area contributed by atoms with Crippen LogP contribution in [0.4, 0.5) is 0 Å². The maximum atomic E-state index is 6.19. The first-order valence-electron chi connectivity index (χ1n) is 6.81. The fraction of sp³-hybridized carbons (Fsp3) is 1.00. The van der Waals surface area contributed by atoms with Gasteiger partial charge in [0.05, 0.1) is 0 Å². The lowest BCUT2D eigenvalue weighted by atomic mass is 9.98. The van der Waals surface area contributed by atoms with E-state index in [4.69, 9.17) is 5.73 Å². The quantitative estimate of drug-likeness (QED) is 0.758. The van der Waals surface area contributed by atoms with Gasteiger partial charge in [-0.2, -0.15) is 0 Å². The van der Waals surface area contributed by atoms with Crippen LogP contribution in [0.1, 0.15) is 51.9 Å². The first-order valence-corrected chi connectivity index (χ1v) is 6.81. The van der Waals surface area contributed by atoms with Crippen LogP contribution >= 0.6 is 0 Å². The first kappa shape index (κ1) is 11.4. The maximum Gasteiger partial charge on any atom is 0.0247 e. The molecule has 3 unspecified atom stereocenters. The molecule has 2 heteroatoms. The molecule has 88 valence electrons. The van der Waals surface area contributed by atoms with E-state index in [1.54, 1.807) is 0 Å². The van der Waals surface area contributed by atoms with E-state index in [2.05, 4.69) is 11.8 Å². The third-order valence-electron chi connectivity index (χ3n) is 4.46. The van der Waals surface area contributed by atoms with Crippen LogP contribution in [-0.4, -0.2) is 30.1 Å². The molecule has 2 N–H and O–H groups in total. The Labute approximate surface area is 94.2 Å². The van der Waals surface area contributed by atoms with Gasteiger partial charge in [-0.15, -0.1) is 0 Å². The highest BCUT2D eigenvalue weighted by atomic mass is 15.2. The van der Waals surface area contributed by atoms with Gasteiger partial charge in [-0.1, -0.05) is 19.8 Å². The van der Waals surface area contributed by atoms with E-state index < -0.39 is 0 Å². The van der Waals surface area contributed by atoms with Crippen LogP contribution in [0.2, 0.25) is 0 Å². The molecular formula is C13H26N2. The Morgan fingerprint density at radius 2 is 1.93 bits per heavy atom. The molecule has 3 atom stereocenters. The second-order valence-electron chi connectivity index (χ2n) is 5.40. The zero-order valence-corrected chi connectivity index (χ0v) is 10.1. The summed E-state index contributed by atoms with van der Waals surface area (Å²) >= 11 is 0. The van der Waals surface area contributed by atoms with E-state index in [1.807, 2.05) is 0 Å². The van der Waals surface area contributed by atoms with E-state index in [0.717, 1.165) is 5.92 Å². The van der Waals surface area contributed by atoms with Crippen molar-refractivity contribution >= 4 is 0 Å². The molecule has 0 bridgehead atoms. The Bertz CT molecular complexity index is 193. The molecular weight excluding hydrogens is 184 g/mol. The average Bonchev–Trinajstić information content (AvgIpc) is 2.54. The third kappa shape index (κ3) is 2.73. The van der Waals surface area contributed by atoms with E-state index >= 15 is 0 Å². The van der Waals surface area contributed by atoms with Crippen LogP contribution < -0.4 is 5.73 Å². The van der Waals surface area contributed by atoms with Gasteiger partial charge in [0.1, 0.15) is 0 Å². The first-order chi connectivity index (χ1) is 7.31. The summed E-state index contributed by atoms with van der Waals surface area (Å²) in [5, 5.41) is 0. The summed E-state index contributed by atoms with van der Waals surface area (Å²) < 4.78 is 0. The normalized spacial score (nSPS) is 39.2. The zero-order chi connectivity index (χ0) is 10.7. The fourth-order valence-corrected chi connectivity index (χ4v) is 3.35. The van der Waals surface area contributed by atoms with Gasteiger partial charge < -0.3 is 5.73 Å². The zero-order valence-electron chi connectivity index (χ0n) is 10.1. The van der Waals surface area contributed by atoms with Crippen LogP contribution in [0.25, 0.3) is 0 Å². The molecule has 2 nitrogen and oxygen atoms in total. The summed E-state index contributed by atoms with van der Waals surface area (Å²) in [6.45, 7) is 4.94. The molecule has 1 aliphatic carbocycles. The van der Waals surface area contributed by atoms with Gasteiger partial charge in [0.15, 0.2) is 0 Å². The van der Waals surface area contributed by atoms with Crippen LogP contribution in [0.5, 0.6) is 0 Å². The molecule has 0 aromatic heterocycles. The standard InChI is InChI=1S/C13H26N2/c1-2-11-5-4-9-15(10-8-11)13-7-3-6-12(13)14/h11-13H,2-10,14H2,1H3. The number of hydrogen-bond acceptors (Lipinski definition) is 2. The predicted octanol–water partition coefficient (Wildman–Crippen LogP) is 2.38. The molecule has 1 saturated heterocycles. The minimum Gasteiger partial charge on any atom is -0.326 e. The van der Waals surface area contributed by atoms with Crippen LogP contribution in [0.15, 0.2) is 0 Å². The highest BCUT2D eigenvalue weighted by Crippen LogP contribution is 2.27. The molecule has 2 fully saturated rings. The van der Waals surface area contributed by atoms with Crippen LogP contribution in [-0.2, 0) is 0 Å². The lowest BCUT2D eigenvalue weighted by Gasteiger charge is -2.30. The minimum atomic E-state index is 0.461. The van der Waals surface area contributed by atoms with E-state index in [9.17, 15) is 0 Å².